The maximum atomic E-state index is 12.2. The van der Waals surface area contributed by atoms with Crippen LogP contribution in [0.3, 0.4) is 0 Å². The summed E-state index contributed by atoms with van der Waals surface area (Å²) in [7, 11) is 1.72. The van der Waals surface area contributed by atoms with Gasteiger partial charge in [0.25, 0.3) is 5.91 Å². The molecule has 1 amide bonds. The number of aliphatic hydroxyl groups excluding tert-OH is 1. The molecule has 2 N–H and O–H groups in total. The van der Waals surface area contributed by atoms with Crippen LogP contribution in [-0.4, -0.2) is 51.7 Å². The van der Waals surface area contributed by atoms with E-state index in [0.717, 1.165) is 18.9 Å². The number of amides is 1. The molecule has 21 heavy (non-hydrogen) atoms. The van der Waals surface area contributed by atoms with Crippen molar-refractivity contribution in [2.24, 2.45) is 5.92 Å². The zero-order chi connectivity index (χ0) is 15.4. The van der Waals surface area contributed by atoms with E-state index in [2.05, 4.69) is 4.98 Å². The number of pyridine rings is 1. The van der Waals surface area contributed by atoms with E-state index in [0.29, 0.717) is 23.7 Å². The van der Waals surface area contributed by atoms with E-state index in [4.69, 9.17) is 5.11 Å². The Hall–Kier alpha value is -2.21. The fraction of sp³-hybridized carbons (Fsp3) is 0.400. The van der Waals surface area contributed by atoms with Crippen LogP contribution in [0.2, 0.25) is 0 Å². The van der Waals surface area contributed by atoms with E-state index in [9.17, 15) is 14.7 Å². The van der Waals surface area contributed by atoms with E-state index in [1.54, 1.807) is 24.1 Å². The van der Waals surface area contributed by atoms with Crippen molar-refractivity contribution in [1.29, 1.82) is 0 Å². The molecule has 1 aliphatic carbocycles. The second kappa shape index (κ2) is 6.49. The van der Waals surface area contributed by atoms with E-state index in [1.807, 2.05) is 0 Å². The number of aromatic nitrogens is 1. The second-order valence-electron chi connectivity index (χ2n) is 5.33. The van der Waals surface area contributed by atoms with Gasteiger partial charge in [-0.3, -0.25) is 9.78 Å². The number of carboxylic acid groups (broad SMARTS) is 1. The van der Waals surface area contributed by atoms with Gasteiger partial charge in [0.05, 0.1) is 6.10 Å². The Balaban J connectivity index is 1.94. The number of hydrogen-bond donors (Lipinski definition) is 2. The number of aliphatic carboxylic acids is 1. The zero-order valence-corrected chi connectivity index (χ0v) is 11.8. The largest absolute Gasteiger partial charge is 0.478 e. The molecule has 1 aromatic heterocycles. The number of nitrogens with zero attached hydrogens (tertiary/aromatic N) is 2. The molecule has 112 valence electrons. The van der Waals surface area contributed by atoms with Crippen LogP contribution in [0.25, 0.3) is 6.08 Å². The Kier molecular flexibility index (Phi) is 4.70. The van der Waals surface area contributed by atoms with Crippen LogP contribution in [0.4, 0.5) is 0 Å². The fourth-order valence-electron chi connectivity index (χ4n) is 2.31. The third kappa shape index (κ3) is 4.13. The summed E-state index contributed by atoms with van der Waals surface area (Å²) in [6.45, 7) is 0.609. The first-order valence-corrected chi connectivity index (χ1v) is 6.76. The number of carbonyl (C=O) groups is 2. The molecular formula is C15H18N2O4. The van der Waals surface area contributed by atoms with Gasteiger partial charge in [0.1, 0.15) is 5.69 Å². The van der Waals surface area contributed by atoms with E-state index in [-0.39, 0.29) is 12.0 Å². The van der Waals surface area contributed by atoms with Crippen molar-refractivity contribution in [3.8, 4) is 0 Å². The third-order valence-electron chi connectivity index (χ3n) is 3.51. The Morgan fingerprint density at radius 1 is 1.43 bits per heavy atom. The number of hydrogen-bond acceptors (Lipinski definition) is 4. The highest BCUT2D eigenvalue weighted by Gasteiger charge is 2.29. The van der Waals surface area contributed by atoms with Crippen molar-refractivity contribution in [3.05, 3.63) is 35.7 Å². The summed E-state index contributed by atoms with van der Waals surface area (Å²) in [5.41, 5.74) is 0.948. The normalized spacial score (nSPS) is 21.0. The molecule has 0 saturated heterocycles. The molecule has 0 unspecified atom stereocenters. The van der Waals surface area contributed by atoms with Crippen LogP contribution in [0.5, 0.6) is 0 Å². The maximum absolute atomic E-state index is 12.2. The Bertz CT molecular complexity index is 547. The number of carboxylic acids is 1. The van der Waals surface area contributed by atoms with Gasteiger partial charge in [-0.05, 0) is 36.5 Å². The van der Waals surface area contributed by atoms with Crippen LogP contribution in [0, 0.1) is 5.92 Å². The predicted octanol–water partition coefficient (Wildman–Crippen LogP) is 1.02. The first-order valence-electron chi connectivity index (χ1n) is 6.76. The Labute approximate surface area is 122 Å². The maximum Gasteiger partial charge on any atom is 0.328 e. The highest BCUT2D eigenvalue weighted by atomic mass is 16.4. The van der Waals surface area contributed by atoms with Gasteiger partial charge in [0.2, 0.25) is 0 Å². The molecular weight excluding hydrogens is 272 g/mol. The summed E-state index contributed by atoms with van der Waals surface area (Å²) in [5.74, 6) is -0.852. The molecule has 2 rings (SSSR count). The molecule has 1 heterocycles. The summed E-state index contributed by atoms with van der Waals surface area (Å²) in [4.78, 5) is 28.2. The van der Waals surface area contributed by atoms with Gasteiger partial charge < -0.3 is 15.1 Å². The fourth-order valence-corrected chi connectivity index (χ4v) is 2.31. The van der Waals surface area contributed by atoms with E-state index >= 15 is 0 Å². The van der Waals surface area contributed by atoms with Crippen molar-refractivity contribution in [3.63, 3.8) is 0 Å². The SMILES string of the molecule is CN(CC1CC(O)C1)C(=O)c1ccc(C=CC(=O)O)cn1. The number of aliphatic hydroxyl groups is 1. The van der Waals surface area contributed by atoms with Crippen molar-refractivity contribution >= 4 is 18.0 Å². The highest BCUT2D eigenvalue weighted by Crippen LogP contribution is 2.27. The molecule has 0 radical (unpaired) electrons. The van der Waals surface area contributed by atoms with Gasteiger partial charge in [0.15, 0.2) is 0 Å². The lowest BCUT2D eigenvalue weighted by Crippen LogP contribution is -2.39. The average Bonchev–Trinajstić information content (AvgIpc) is 2.43. The van der Waals surface area contributed by atoms with Gasteiger partial charge in [-0.15, -0.1) is 0 Å². The molecule has 1 saturated carbocycles. The smallest absolute Gasteiger partial charge is 0.328 e. The summed E-state index contributed by atoms with van der Waals surface area (Å²) in [6.07, 6.45) is 5.16. The molecule has 0 atom stereocenters. The van der Waals surface area contributed by atoms with Crippen LogP contribution < -0.4 is 0 Å². The van der Waals surface area contributed by atoms with Gasteiger partial charge >= 0.3 is 5.97 Å². The minimum Gasteiger partial charge on any atom is -0.478 e. The molecule has 0 aliphatic heterocycles. The summed E-state index contributed by atoms with van der Waals surface area (Å²) >= 11 is 0. The van der Waals surface area contributed by atoms with Crippen LogP contribution >= 0.6 is 0 Å². The van der Waals surface area contributed by atoms with Crippen molar-refractivity contribution in [1.82, 2.24) is 9.88 Å². The van der Waals surface area contributed by atoms with Crippen molar-refractivity contribution in [2.45, 2.75) is 18.9 Å². The van der Waals surface area contributed by atoms with Crippen LogP contribution in [-0.2, 0) is 4.79 Å². The summed E-state index contributed by atoms with van der Waals surface area (Å²) in [6, 6.07) is 3.23. The van der Waals surface area contributed by atoms with Crippen molar-refractivity contribution in [2.75, 3.05) is 13.6 Å². The lowest BCUT2D eigenvalue weighted by molar-refractivity contribution is -0.131. The van der Waals surface area contributed by atoms with Crippen LogP contribution in [0.15, 0.2) is 24.4 Å². The lowest BCUT2D eigenvalue weighted by atomic mass is 9.82. The molecule has 6 heteroatoms. The first kappa shape index (κ1) is 15.2. The minimum absolute atomic E-state index is 0.176. The molecule has 0 spiro atoms. The molecule has 6 nitrogen and oxygen atoms in total. The van der Waals surface area contributed by atoms with E-state index < -0.39 is 5.97 Å². The predicted molar refractivity (Wildman–Crippen MR) is 76.6 cm³/mol. The molecule has 0 bridgehead atoms. The summed E-state index contributed by atoms with van der Waals surface area (Å²) < 4.78 is 0. The Morgan fingerprint density at radius 3 is 2.67 bits per heavy atom. The van der Waals surface area contributed by atoms with Crippen LogP contribution in [0.1, 0.15) is 28.9 Å². The van der Waals surface area contributed by atoms with Crippen molar-refractivity contribution < 1.29 is 19.8 Å². The average molecular weight is 290 g/mol. The molecule has 0 aromatic carbocycles. The molecule has 1 aliphatic rings. The minimum atomic E-state index is -1.03. The highest BCUT2D eigenvalue weighted by molar-refractivity contribution is 5.92. The number of carbonyl (C=O) groups excluding carboxylic acids is 1. The monoisotopic (exact) mass is 290 g/mol. The van der Waals surface area contributed by atoms with Gasteiger partial charge in [-0.1, -0.05) is 6.07 Å². The lowest BCUT2D eigenvalue weighted by Gasteiger charge is -2.34. The topological polar surface area (TPSA) is 90.7 Å². The molecule has 1 fully saturated rings. The first-order chi connectivity index (χ1) is 9.95. The van der Waals surface area contributed by atoms with E-state index in [1.165, 1.54) is 12.3 Å². The summed E-state index contributed by atoms with van der Waals surface area (Å²) in [5, 5.41) is 17.8. The standard InChI is InChI=1S/C15H18N2O4/c1-17(9-11-6-12(18)7-11)15(21)13-4-2-10(8-16-13)3-5-14(19)20/h2-5,8,11-12,18H,6-7,9H2,1H3,(H,19,20). The Morgan fingerprint density at radius 2 is 2.14 bits per heavy atom. The van der Waals surface area contributed by atoms with Gasteiger partial charge in [-0.25, -0.2) is 4.79 Å². The second-order valence-corrected chi connectivity index (χ2v) is 5.33. The van der Waals surface area contributed by atoms with Gasteiger partial charge in [0, 0.05) is 25.9 Å². The zero-order valence-electron chi connectivity index (χ0n) is 11.8. The quantitative estimate of drug-likeness (QED) is 0.790. The molecule has 1 aromatic rings. The third-order valence-corrected chi connectivity index (χ3v) is 3.51. The number of rotatable bonds is 5. The van der Waals surface area contributed by atoms with Gasteiger partial charge in [-0.2, -0.15) is 0 Å².